The van der Waals surface area contributed by atoms with Crippen molar-refractivity contribution < 1.29 is 14.4 Å². The number of aryl methyl sites for hydroxylation is 2. The van der Waals surface area contributed by atoms with Crippen LogP contribution in [-0.4, -0.2) is 33.5 Å². The van der Waals surface area contributed by atoms with Gasteiger partial charge in [-0.05, 0) is 54.9 Å². The monoisotopic (exact) mass is 367 g/mol. The van der Waals surface area contributed by atoms with Gasteiger partial charge < -0.3 is 5.32 Å². The summed E-state index contributed by atoms with van der Waals surface area (Å²) in [6.45, 7) is 3.54. The normalized spacial score (nSPS) is 15.6. The van der Waals surface area contributed by atoms with Crippen molar-refractivity contribution in [2.45, 2.75) is 13.8 Å². The van der Waals surface area contributed by atoms with E-state index in [0.29, 0.717) is 5.69 Å². The maximum absolute atomic E-state index is 12.4. The fraction of sp³-hybridized carbons (Fsp3) is 0.158. The van der Waals surface area contributed by atoms with Crippen LogP contribution in [0.25, 0.3) is 6.08 Å². The molecule has 1 saturated heterocycles. The van der Waals surface area contributed by atoms with Crippen molar-refractivity contribution in [1.82, 2.24) is 9.88 Å². The number of benzene rings is 1. The van der Waals surface area contributed by atoms with Crippen LogP contribution in [0.5, 0.6) is 0 Å². The summed E-state index contributed by atoms with van der Waals surface area (Å²) in [5.41, 5.74) is 3.40. The van der Waals surface area contributed by atoms with Gasteiger partial charge in [-0.15, -0.1) is 0 Å². The first-order valence-electron chi connectivity index (χ1n) is 7.96. The van der Waals surface area contributed by atoms with E-state index in [-0.39, 0.29) is 11.4 Å². The van der Waals surface area contributed by atoms with Crippen LogP contribution in [0.3, 0.4) is 0 Å². The predicted octanol–water partition coefficient (Wildman–Crippen LogP) is 3.37. The molecule has 7 heteroatoms. The molecule has 1 aliphatic heterocycles. The number of imide groups is 1. The topological polar surface area (TPSA) is 79.4 Å². The van der Waals surface area contributed by atoms with Gasteiger partial charge >= 0.3 is 0 Å². The summed E-state index contributed by atoms with van der Waals surface area (Å²) in [5.74, 6) is -0.887. The van der Waals surface area contributed by atoms with Gasteiger partial charge in [-0.3, -0.25) is 24.3 Å². The Morgan fingerprint density at radius 1 is 1.27 bits per heavy atom. The zero-order valence-electron chi connectivity index (χ0n) is 14.4. The zero-order chi connectivity index (χ0) is 18.7. The van der Waals surface area contributed by atoms with Gasteiger partial charge in [0, 0.05) is 18.1 Å². The van der Waals surface area contributed by atoms with E-state index in [2.05, 4.69) is 10.3 Å². The van der Waals surface area contributed by atoms with E-state index < -0.39 is 17.1 Å². The summed E-state index contributed by atoms with van der Waals surface area (Å²) < 4.78 is 0. The molecule has 2 heterocycles. The highest BCUT2D eigenvalue weighted by molar-refractivity contribution is 8.18. The number of rotatable bonds is 4. The molecule has 0 aliphatic carbocycles. The number of nitrogens with zero attached hydrogens (tertiary/aromatic N) is 2. The molecule has 0 saturated carbocycles. The Hall–Kier alpha value is -2.93. The molecule has 1 N–H and O–H groups in total. The molecule has 1 aliphatic rings. The second-order valence-electron chi connectivity index (χ2n) is 5.92. The molecule has 3 rings (SSSR count). The van der Waals surface area contributed by atoms with E-state index in [4.69, 9.17) is 0 Å². The van der Waals surface area contributed by atoms with Gasteiger partial charge in [0.05, 0.1) is 4.91 Å². The number of thioether (sulfide) groups is 1. The Kier molecular flexibility index (Phi) is 5.18. The van der Waals surface area contributed by atoms with Gasteiger partial charge in [0.15, 0.2) is 0 Å². The first-order chi connectivity index (χ1) is 12.4. The largest absolute Gasteiger partial charge is 0.324 e. The quantitative estimate of drug-likeness (QED) is 0.838. The molecule has 1 fully saturated rings. The highest BCUT2D eigenvalue weighted by Gasteiger charge is 2.36. The standard InChI is InChI=1S/C19H17N3O3S/c1-12-5-6-15(13(2)8-12)21-17(23)11-22-18(24)16(26-19(22)25)9-14-4-3-7-20-10-14/h3-10H,11H2,1-2H3,(H,21,23). The molecule has 0 bridgehead atoms. The summed E-state index contributed by atoms with van der Waals surface area (Å²) in [5, 5.41) is 2.29. The number of carbonyl (C=O) groups excluding carboxylic acids is 3. The lowest BCUT2D eigenvalue weighted by Gasteiger charge is -2.13. The highest BCUT2D eigenvalue weighted by atomic mass is 32.2. The second-order valence-corrected chi connectivity index (χ2v) is 6.91. The van der Waals surface area contributed by atoms with Gasteiger partial charge in [-0.1, -0.05) is 23.8 Å². The van der Waals surface area contributed by atoms with Crippen LogP contribution in [0.1, 0.15) is 16.7 Å². The van der Waals surface area contributed by atoms with E-state index in [9.17, 15) is 14.4 Å². The Morgan fingerprint density at radius 2 is 2.08 bits per heavy atom. The molecule has 0 radical (unpaired) electrons. The zero-order valence-corrected chi connectivity index (χ0v) is 15.2. The maximum atomic E-state index is 12.4. The number of hydrogen-bond donors (Lipinski definition) is 1. The third kappa shape index (κ3) is 4.00. The Balaban J connectivity index is 1.69. The number of aromatic nitrogens is 1. The lowest BCUT2D eigenvalue weighted by molar-refractivity contribution is -0.127. The molecular weight excluding hydrogens is 350 g/mol. The van der Waals surface area contributed by atoms with Gasteiger partial charge in [-0.25, -0.2) is 0 Å². The summed E-state index contributed by atoms with van der Waals surface area (Å²) in [6, 6.07) is 9.17. The summed E-state index contributed by atoms with van der Waals surface area (Å²) >= 11 is 0.821. The molecule has 0 spiro atoms. The Labute approximate surface area is 155 Å². The Morgan fingerprint density at radius 3 is 2.77 bits per heavy atom. The minimum atomic E-state index is -0.473. The number of carbonyl (C=O) groups is 3. The van der Waals surface area contributed by atoms with Gasteiger partial charge in [0.1, 0.15) is 6.54 Å². The molecule has 1 aromatic heterocycles. The lowest BCUT2D eigenvalue weighted by atomic mass is 10.1. The van der Waals surface area contributed by atoms with E-state index in [1.807, 2.05) is 26.0 Å². The van der Waals surface area contributed by atoms with Crippen molar-refractivity contribution in [2.75, 3.05) is 11.9 Å². The molecule has 1 aromatic carbocycles. The summed E-state index contributed by atoms with van der Waals surface area (Å²) in [6.07, 6.45) is 4.82. The molecule has 3 amide bonds. The lowest BCUT2D eigenvalue weighted by Crippen LogP contribution is -2.36. The number of amides is 3. The molecule has 6 nitrogen and oxygen atoms in total. The minimum Gasteiger partial charge on any atom is -0.324 e. The van der Waals surface area contributed by atoms with Crippen LogP contribution in [0.4, 0.5) is 10.5 Å². The number of anilines is 1. The van der Waals surface area contributed by atoms with E-state index in [1.54, 1.807) is 36.7 Å². The van der Waals surface area contributed by atoms with E-state index in [1.165, 1.54) is 0 Å². The number of nitrogens with one attached hydrogen (secondary N) is 1. The third-order valence-corrected chi connectivity index (χ3v) is 4.72. The van der Waals surface area contributed by atoms with Crippen molar-refractivity contribution in [3.8, 4) is 0 Å². The van der Waals surface area contributed by atoms with Gasteiger partial charge in [0.25, 0.3) is 11.1 Å². The first-order valence-corrected chi connectivity index (χ1v) is 8.78. The molecule has 2 aromatic rings. The van der Waals surface area contributed by atoms with Crippen LogP contribution in [-0.2, 0) is 9.59 Å². The van der Waals surface area contributed by atoms with Crippen molar-refractivity contribution in [3.05, 3.63) is 64.3 Å². The molecule has 0 unspecified atom stereocenters. The summed E-state index contributed by atoms with van der Waals surface area (Å²) in [4.78, 5) is 42.0. The predicted molar refractivity (Wildman–Crippen MR) is 101 cm³/mol. The maximum Gasteiger partial charge on any atom is 0.294 e. The molecule has 0 atom stereocenters. The van der Waals surface area contributed by atoms with Crippen LogP contribution in [0, 0.1) is 13.8 Å². The van der Waals surface area contributed by atoms with Crippen LogP contribution in [0.2, 0.25) is 0 Å². The fourth-order valence-corrected chi connectivity index (χ4v) is 3.37. The van der Waals surface area contributed by atoms with Crippen LogP contribution < -0.4 is 5.32 Å². The van der Waals surface area contributed by atoms with E-state index in [0.717, 1.165) is 33.4 Å². The molecule has 132 valence electrons. The third-order valence-electron chi connectivity index (χ3n) is 3.81. The van der Waals surface area contributed by atoms with E-state index >= 15 is 0 Å². The minimum absolute atomic E-state index is 0.280. The first kappa shape index (κ1) is 17.9. The summed E-state index contributed by atoms with van der Waals surface area (Å²) in [7, 11) is 0. The molecular formula is C19H17N3O3S. The van der Waals surface area contributed by atoms with Crippen molar-refractivity contribution >= 4 is 40.6 Å². The SMILES string of the molecule is Cc1ccc(NC(=O)CN2C(=O)SC(=Cc3cccnc3)C2=O)c(C)c1. The van der Waals surface area contributed by atoms with Crippen LogP contribution in [0.15, 0.2) is 47.6 Å². The Bertz CT molecular complexity index is 910. The number of pyridine rings is 1. The van der Waals surface area contributed by atoms with Gasteiger partial charge in [-0.2, -0.15) is 0 Å². The van der Waals surface area contributed by atoms with Crippen molar-refractivity contribution in [3.63, 3.8) is 0 Å². The van der Waals surface area contributed by atoms with Crippen molar-refractivity contribution in [2.24, 2.45) is 0 Å². The average Bonchev–Trinajstić information content (AvgIpc) is 2.86. The van der Waals surface area contributed by atoms with Gasteiger partial charge in [0.2, 0.25) is 5.91 Å². The van der Waals surface area contributed by atoms with Crippen LogP contribution >= 0.6 is 11.8 Å². The second kappa shape index (κ2) is 7.53. The molecule has 26 heavy (non-hydrogen) atoms. The number of hydrogen-bond acceptors (Lipinski definition) is 5. The average molecular weight is 367 g/mol. The van der Waals surface area contributed by atoms with Crippen molar-refractivity contribution in [1.29, 1.82) is 0 Å². The highest BCUT2D eigenvalue weighted by Crippen LogP contribution is 2.32. The smallest absolute Gasteiger partial charge is 0.294 e. The fourth-order valence-electron chi connectivity index (χ4n) is 2.54.